The van der Waals surface area contributed by atoms with Crippen LogP contribution in [0.4, 0.5) is 8.78 Å². The van der Waals surface area contributed by atoms with E-state index in [9.17, 15) is 8.78 Å². The topological polar surface area (TPSA) is 12.0 Å². The number of rotatable bonds is 5. The molecule has 2 aromatic carbocycles. The summed E-state index contributed by atoms with van der Waals surface area (Å²) in [6.45, 7) is 2.84. The Morgan fingerprint density at radius 3 is 2.48 bits per heavy atom. The molecule has 1 nitrogen and oxygen atoms in total. The van der Waals surface area contributed by atoms with E-state index in [4.69, 9.17) is 0 Å². The second-order valence-corrected chi connectivity index (χ2v) is 6.50. The van der Waals surface area contributed by atoms with Crippen molar-refractivity contribution < 1.29 is 8.78 Å². The van der Waals surface area contributed by atoms with Crippen molar-refractivity contribution in [2.75, 3.05) is 6.54 Å². The Bertz CT molecular complexity index is 632. The predicted molar refractivity (Wildman–Crippen MR) is 88.3 cm³/mol. The minimum absolute atomic E-state index is 0.202. The van der Waals surface area contributed by atoms with E-state index in [0.29, 0.717) is 5.56 Å². The lowest BCUT2D eigenvalue weighted by Gasteiger charge is -2.21. The summed E-state index contributed by atoms with van der Waals surface area (Å²) in [6, 6.07) is 9.65. The van der Waals surface area contributed by atoms with Gasteiger partial charge in [0.25, 0.3) is 0 Å². The third-order valence-electron chi connectivity index (χ3n) is 3.14. The van der Waals surface area contributed by atoms with E-state index in [-0.39, 0.29) is 6.04 Å². The third kappa shape index (κ3) is 4.11. The summed E-state index contributed by atoms with van der Waals surface area (Å²) in [6.07, 6.45) is 0.950. The minimum atomic E-state index is -0.832. The van der Waals surface area contributed by atoms with Crippen molar-refractivity contribution in [3.8, 4) is 0 Å². The van der Waals surface area contributed by atoms with Gasteiger partial charge in [-0.15, -0.1) is 0 Å². The van der Waals surface area contributed by atoms with Gasteiger partial charge in [0.05, 0.1) is 6.04 Å². The molecule has 0 aliphatic heterocycles. The molecule has 0 bridgehead atoms. The quantitative estimate of drug-likeness (QED) is 0.668. The van der Waals surface area contributed by atoms with Crippen LogP contribution in [0.3, 0.4) is 0 Å². The Hall–Kier alpha value is -0.780. The third-order valence-corrected chi connectivity index (χ3v) is 4.36. The lowest BCUT2D eigenvalue weighted by Crippen LogP contribution is -2.23. The van der Waals surface area contributed by atoms with Crippen LogP contribution in [0, 0.1) is 11.6 Å². The van der Waals surface area contributed by atoms with Gasteiger partial charge in [-0.2, -0.15) is 0 Å². The van der Waals surface area contributed by atoms with Crippen LogP contribution < -0.4 is 5.32 Å². The zero-order valence-electron chi connectivity index (χ0n) is 11.5. The van der Waals surface area contributed by atoms with Gasteiger partial charge in [-0.3, -0.25) is 0 Å². The number of halogens is 4. The smallest absolute Gasteiger partial charge is 0.159 e. The first-order valence-electron chi connectivity index (χ1n) is 6.66. The normalized spacial score (nSPS) is 12.4. The van der Waals surface area contributed by atoms with E-state index in [1.165, 1.54) is 6.07 Å². The molecule has 0 spiro atoms. The van der Waals surface area contributed by atoms with Crippen LogP contribution in [0.15, 0.2) is 45.3 Å². The first-order valence-corrected chi connectivity index (χ1v) is 8.24. The maximum Gasteiger partial charge on any atom is 0.159 e. The highest BCUT2D eigenvalue weighted by molar-refractivity contribution is 9.11. The Morgan fingerprint density at radius 2 is 1.81 bits per heavy atom. The molecule has 1 N–H and O–H groups in total. The van der Waals surface area contributed by atoms with Gasteiger partial charge in [-0.1, -0.05) is 44.8 Å². The molecule has 1 atom stereocenters. The maximum atomic E-state index is 13.5. The fraction of sp³-hybridized carbons (Fsp3) is 0.250. The maximum absolute atomic E-state index is 13.5. The van der Waals surface area contributed by atoms with Crippen LogP contribution in [-0.4, -0.2) is 6.54 Å². The minimum Gasteiger partial charge on any atom is -0.306 e. The lowest BCUT2D eigenvalue weighted by atomic mass is 9.98. The van der Waals surface area contributed by atoms with Gasteiger partial charge in [0.15, 0.2) is 11.6 Å². The second-order valence-electron chi connectivity index (χ2n) is 4.73. The standard InChI is InChI=1S/C16H15Br2F2N/c1-2-7-21-16(10-3-6-14(19)15(20)8-10)12-9-11(17)4-5-13(12)18/h3-6,8-9,16,21H,2,7H2,1H3. The molecule has 0 heterocycles. The average molecular weight is 419 g/mol. The van der Waals surface area contributed by atoms with E-state index >= 15 is 0 Å². The van der Waals surface area contributed by atoms with Crippen LogP contribution in [-0.2, 0) is 0 Å². The molecule has 0 saturated heterocycles. The lowest BCUT2D eigenvalue weighted by molar-refractivity contribution is 0.503. The summed E-state index contributed by atoms with van der Waals surface area (Å²) < 4.78 is 28.5. The average Bonchev–Trinajstić information content (AvgIpc) is 2.46. The molecule has 112 valence electrons. The number of hydrogen-bond acceptors (Lipinski definition) is 1. The molecular formula is C16H15Br2F2N. The van der Waals surface area contributed by atoms with Crippen LogP contribution in [0.2, 0.25) is 0 Å². The van der Waals surface area contributed by atoms with E-state index in [1.807, 2.05) is 18.2 Å². The SMILES string of the molecule is CCCNC(c1ccc(F)c(F)c1)c1cc(Br)ccc1Br. The molecule has 0 fully saturated rings. The second kappa shape index (κ2) is 7.47. The number of benzene rings is 2. The van der Waals surface area contributed by atoms with Gasteiger partial charge >= 0.3 is 0 Å². The summed E-state index contributed by atoms with van der Waals surface area (Å²) in [5.41, 5.74) is 1.67. The monoisotopic (exact) mass is 417 g/mol. The van der Waals surface area contributed by atoms with Crippen molar-refractivity contribution in [3.63, 3.8) is 0 Å². The summed E-state index contributed by atoms with van der Waals surface area (Å²) in [5, 5.41) is 3.38. The van der Waals surface area contributed by atoms with Crippen LogP contribution in [0.25, 0.3) is 0 Å². The van der Waals surface area contributed by atoms with Gasteiger partial charge in [0.1, 0.15) is 0 Å². The van der Waals surface area contributed by atoms with Crippen molar-refractivity contribution >= 4 is 31.9 Å². The molecule has 21 heavy (non-hydrogen) atoms. The molecule has 0 aliphatic carbocycles. The molecule has 0 amide bonds. The number of hydrogen-bond donors (Lipinski definition) is 1. The summed E-state index contributed by atoms with van der Waals surface area (Å²) in [4.78, 5) is 0. The van der Waals surface area contributed by atoms with Crippen molar-refractivity contribution in [2.45, 2.75) is 19.4 Å². The molecule has 5 heteroatoms. The van der Waals surface area contributed by atoms with Crippen molar-refractivity contribution in [1.29, 1.82) is 0 Å². The highest BCUT2D eigenvalue weighted by atomic mass is 79.9. The summed E-state index contributed by atoms with van der Waals surface area (Å²) in [7, 11) is 0. The molecule has 0 saturated carbocycles. The Kier molecular flexibility index (Phi) is 5.90. The molecule has 0 aromatic heterocycles. The van der Waals surface area contributed by atoms with Crippen LogP contribution in [0.1, 0.15) is 30.5 Å². The largest absolute Gasteiger partial charge is 0.306 e. The van der Waals surface area contributed by atoms with Gasteiger partial charge in [0.2, 0.25) is 0 Å². The van der Waals surface area contributed by atoms with Gasteiger partial charge < -0.3 is 5.32 Å². The zero-order chi connectivity index (χ0) is 15.4. The Balaban J connectivity index is 2.46. The summed E-state index contributed by atoms with van der Waals surface area (Å²) >= 11 is 6.97. The van der Waals surface area contributed by atoms with Crippen LogP contribution in [0.5, 0.6) is 0 Å². The van der Waals surface area contributed by atoms with Gasteiger partial charge in [-0.25, -0.2) is 8.78 Å². The van der Waals surface area contributed by atoms with Gasteiger partial charge in [-0.05, 0) is 54.4 Å². The first kappa shape index (κ1) is 16.6. The molecule has 2 rings (SSSR count). The zero-order valence-corrected chi connectivity index (χ0v) is 14.6. The fourth-order valence-electron chi connectivity index (χ4n) is 2.12. The highest BCUT2D eigenvalue weighted by Gasteiger charge is 2.18. The van der Waals surface area contributed by atoms with E-state index in [2.05, 4.69) is 44.1 Å². The van der Waals surface area contributed by atoms with E-state index in [1.54, 1.807) is 6.07 Å². The molecular weight excluding hydrogens is 404 g/mol. The summed E-state index contributed by atoms with van der Waals surface area (Å²) in [5.74, 6) is -1.66. The van der Waals surface area contributed by atoms with E-state index < -0.39 is 11.6 Å². The van der Waals surface area contributed by atoms with Gasteiger partial charge in [0, 0.05) is 8.95 Å². The highest BCUT2D eigenvalue weighted by Crippen LogP contribution is 2.31. The van der Waals surface area contributed by atoms with E-state index in [0.717, 1.165) is 33.5 Å². The molecule has 0 aliphatic rings. The van der Waals surface area contributed by atoms with Crippen molar-refractivity contribution in [1.82, 2.24) is 5.32 Å². The Morgan fingerprint density at radius 1 is 1.05 bits per heavy atom. The van der Waals surface area contributed by atoms with Crippen molar-refractivity contribution in [2.24, 2.45) is 0 Å². The number of nitrogens with one attached hydrogen (secondary N) is 1. The van der Waals surface area contributed by atoms with Crippen molar-refractivity contribution in [3.05, 3.63) is 68.1 Å². The first-order chi connectivity index (χ1) is 10.0. The predicted octanol–water partition coefficient (Wildman–Crippen LogP) is 5.58. The van der Waals surface area contributed by atoms with Crippen LogP contribution >= 0.6 is 31.9 Å². The molecule has 1 unspecified atom stereocenters. The Labute approximate surface area is 140 Å². The molecule has 0 radical (unpaired) electrons. The fourth-order valence-corrected chi connectivity index (χ4v) is 2.98. The molecule has 2 aromatic rings.